The summed E-state index contributed by atoms with van der Waals surface area (Å²) >= 11 is 5.91. The maximum absolute atomic E-state index is 12.4. The summed E-state index contributed by atoms with van der Waals surface area (Å²) in [7, 11) is 0. The van der Waals surface area contributed by atoms with Gasteiger partial charge in [-0.15, -0.1) is 0 Å². The lowest BCUT2D eigenvalue weighted by atomic mass is 10.0. The minimum Gasteiger partial charge on any atom is -0.337 e. The molecule has 2 aromatic rings. The molecule has 0 spiro atoms. The number of aromatic nitrogens is 2. The van der Waals surface area contributed by atoms with Crippen LogP contribution in [-0.4, -0.2) is 47.1 Å². The molecule has 1 aliphatic rings. The van der Waals surface area contributed by atoms with Gasteiger partial charge in [-0.25, -0.2) is 14.8 Å². The lowest BCUT2D eigenvalue weighted by Crippen LogP contribution is -2.50. The number of hydrogen-bond donors (Lipinski definition) is 1. The molecule has 1 aromatic carbocycles. The first-order valence-corrected chi connectivity index (χ1v) is 8.80. The van der Waals surface area contributed by atoms with Crippen LogP contribution in [0.3, 0.4) is 0 Å². The Morgan fingerprint density at radius 1 is 1.12 bits per heavy atom. The molecule has 0 aliphatic carbocycles. The molecular formula is C18H22ClN5O. The first-order chi connectivity index (χ1) is 12.0. The zero-order valence-electron chi connectivity index (χ0n) is 14.4. The van der Waals surface area contributed by atoms with Crippen LogP contribution in [0.5, 0.6) is 0 Å². The third-order valence-electron chi connectivity index (χ3n) is 4.29. The van der Waals surface area contributed by atoms with Gasteiger partial charge in [-0.3, -0.25) is 0 Å². The summed E-state index contributed by atoms with van der Waals surface area (Å²) in [5.41, 5.74) is 2.07. The lowest BCUT2D eigenvalue weighted by molar-refractivity contribution is 0.208. The normalized spacial score (nSPS) is 14.7. The number of carbonyl (C=O) groups is 1. The van der Waals surface area contributed by atoms with Gasteiger partial charge in [0.25, 0.3) is 0 Å². The van der Waals surface area contributed by atoms with Crippen LogP contribution in [0.4, 0.5) is 16.4 Å². The number of piperazine rings is 1. The molecule has 0 radical (unpaired) electrons. The largest absolute Gasteiger partial charge is 0.337 e. The molecule has 2 heterocycles. The molecule has 0 atom stereocenters. The van der Waals surface area contributed by atoms with Crippen molar-refractivity contribution in [3.05, 3.63) is 47.2 Å². The highest BCUT2D eigenvalue weighted by molar-refractivity contribution is 6.29. The standard InChI is InChI=1S/C18H22ClN5O/c1-13(2)14-3-5-15(6-4-14)21-18(25)24-11-9-23(10-12-24)17-20-8-7-16(19)22-17/h3-8,13H,9-12H2,1-2H3,(H,21,25). The minimum absolute atomic E-state index is 0.0797. The molecule has 0 unspecified atom stereocenters. The molecule has 1 N–H and O–H groups in total. The third-order valence-corrected chi connectivity index (χ3v) is 4.50. The predicted octanol–water partition coefficient (Wildman–Crippen LogP) is 3.61. The van der Waals surface area contributed by atoms with Crippen LogP contribution >= 0.6 is 11.6 Å². The summed E-state index contributed by atoms with van der Waals surface area (Å²) in [5, 5.41) is 3.38. The van der Waals surface area contributed by atoms with Crippen molar-refractivity contribution in [3.8, 4) is 0 Å². The maximum atomic E-state index is 12.4. The fourth-order valence-corrected chi connectivity index (χ4v) is 2.87. The molecule has 132 valence electrons. The summed E-state index contributed by atoms with van der Waals surface area (Å²) in [6.45, 7) is 6.89. The van der Waals surface area contributed by atoms with Crippen LogP contribution in [0.15, 0.2) is 36.5 Å². The van der Waals surface area contributed by atoms with Crippen molar-refractivity contribution >= 4 is 29.3 Å². The van der Waals surface area contributed by atoms with Gasteiger partial charge >= 0.3 is 6.03 Å². The topological polar surface area (TPSA) is 61.4 Å². The number of nitrogens with one attached hydrogen (secondary N) is 1. The molecule has 1 aliphatic heterocycles. The van der Waals surface area contributed by atoms with E-state index in [1.165, 1.54) is 5.56 Å². The number of urea groups is 1. The van der Waals surface area contributed by atoms with Crippen LogP contribution in [-0.2, 0) is 0 Å². The van der Waals surface area contributed by atoms with Crippen LogP contribution in [0, 0.1) is 0 Å². The Hall–Kier alpha value is -2.34. The molecule has 0 saturated carbocycles. The van der Waals surface area contributed by atoms with Crippen LogP contribution in [0.25, 0.3) is 0 Å². The molecule has 1 aromatic heterocycles. The van der Waals surface area contributed by atoms with E-state index in [0.717, 1.165) is 5.69 Å². The number of anilines is 2. The number of hydrogen-bond acceptors (Lipinski definition) is 4. The Bertz CT molecular complexity index is 727. The van der Waals surface area contributed by atoms with E-state index < -0.39 is 0 Å². The Labute approximate surface area is 152 Å². The van der Waals surface area contributed by atoms with Gasteiger partial charge in [0.1, 0.15) is 5.15 Å². The second kappa shape index (κ2) is 7.70. The van der Waals surface area contributed by atoms with Gasteiger partial charge in [-0.05, 0) is 29.7 Å². The van der Waals surface area contributed by atoms with Crippen molar-refractivity contribution in [2.45, 2.75) is 19.8 Å². The Balaban J connectivity index is 1.54. The number of carbonyl (C=O) groups excluding carboxylic acids is 1. The Morgan fingerprint density at radius 2 is 1.80 bits per heavy atom. The molecular weight excluding hydrogens is 338 g/mol. The third kappa shape index (κ3) is 4.39. The van der Waals surface area contributed by atoms with Gasteiger partial charge in [0.05, 0.1) is 0 Å². The summed E-state index contributed by atoms with van der Waals surface area (Å²) < 4.78 is 0. The predicted molar refractivity (Wildman–Crippen MR) is 100 cm³/mol. The van der Waals surface area contributed by atoms with Gasteiger partial charge in [-0.2, -0.15) is 0 Å². The monoisotopic (exact) mass is 359 g/mol. The second-order valence-electron chi connectivity index (χ2n) is 6.36. The van der Waals surface area contributed by atoms with Crippen molar-refractivity contribution < 1.29 is 4.79 Å². The average molecular weight is 360 g/mol. The van der Waals surface area contributed by atoms with Gasteiger partial charge in [0.2, 0.25) is 5.95 Å². The highest BCUT2D eigenvalue weighted by Crippen LogP contribution is 2.18. The van der Waals surface area contributed by atoms with E-state index in [9.17, 15) is 4.79 Å². The second-order valence-corrected chi connectivity index (χ2v) is 6.75. The zero-order valence-corrected chi connectivity index (χ0v) is 15.2. The fraction of sp³-hybridized carbons (Fsp3) is 0.389. The molecule has 7 heteroatoms. The molecule has 0 bridgehead atoms. The molecule has 2 amide bonds. The van der Waals surface area contributed by atoms with Crippen LogP contribution in [0.2, 0.25) is 5.15 Å². The van der Waals surface area contributed by atoms with Crippen LogP contribution < -0.4 is 10.2 Å². The van der Waals surface area contributed by atoms with E-state index in [0.29, 0.717) is 43.2 Å². The number of halogens is 1. The fourth-order valence-electron chi connectivity index (χ4n) is 2.74. The van der Waals surface area contributed by atoms with Gasteiger partial charge in [0.15, 0.2) is 0 Å². The van der Waals surface area contributed by atoms with Crippen molar-refractivity contribution in [2.24, 2.45) is 0 Å². The minimum atomic E-state index is -0.0797. The highest BCUT2D eigenvalue weighted by Gasteiger charge is 2.22. The van der Waals surface area contributed by atoms with Crippen molar-refractivity contribution in [1.29, 1.82) is 0 Å². The van der Waals surface area contributed by atoms with E-state index in [1.54, 1.807) is 17.2 Å². The average Bonchev–Trinajstić information content (AvgIpc) is 2.62. The van der Waals surface area contributed by atoms with Gasteiger partial charge in [-0.1, -0.05) is 37.6 Å². The van der Waals surface area contributed by atoms with E-state index in [1.807, 2.05) is 17.0 Å². The van der Waals surface area contributed by atoms with E-state index in [-0.39, 0.29) is 6.03 Å². The molecule has 1 saturated heterocycles. The SMILES string of the molecule is CC(C)c1ccc(NC(=O)N2CCN(c3nccc(Cl)n3)CC2)cc1. The number of rotatable bonds is 3. The zero-order chi connectivity index (χ0) is 17.8. The van der Waals surface area contributed by atoms with E-state index in [2.05, 4.69) is 41.3 Å². The quantitative estimate of drug-likeness (QED) is 0.850. The molecule has 6 nitrogen and oxygen atoms in total. The summed E-state index contributed by atoms with van der Waals surface area (Å²) in [6, 6.07) is 9.57. The smallest absolute Gasteiger partial charge is 0.321 e. The number of amides is 2. The van der Waals surface area contributed by atoms with Crippen molar-refractivity contribution in [1.82, 2.24) is 14.9 Å². The van der Waals surface area contributed by atoms with Crippen molar-refractivity contribution in [3.63, 3.8) is 0 Å². The molecule has 1 fully saturated rings. The summed E-state index contributed by atoms with van der Waals surface area (Å²) in [6.07, 6.45) is 1.64. The lowest BCUT2D eigenvalue weighted by Gasteiger charge is -2.34. The first kappa shape index (κ1) is 17.5. The maximum Gasteiger partial charge on any atom is 0.321 e. The van der Waals surface area contributed by atoms with Crippen molar-refractivity contribution in [2.75, 3.05) is 36.4 Å². The van der Waals surface area contributed by atoms with Crippen LogP contribution in [0.1, 0.15) is 25.3 Å². The Kier molecular flexibility index (Phi) is 5.38. The molecule has 3 rings (SSSR count). The summed E-state index contributed by atoms with van der Waals surface area (Å²) in [5.74, 6) is 1.09. The highest BCUT2D eigenvalue weighted by atomic mass is 35.5. The summed E-state index contributed by atoms with van der Waals surface area (Å²) in [4.78, 5) is 24.7. The van der Waals surface area contributed by atoms with Gasteiger partial charge in [0, 0.05) is 38.1 Å². The molecule has 25 heavy (non-hydrogen) atoms. The number of nitrogens with zero attached hydrogens (tertiary/aromatic N) is 4. The van der Waals surface area contributed by atoms with Gasteiger partial charge < -0.3 is 15.1 Å². The Morgan fingerprint density at radius 3 is 2.40 bits per heavy atom. The number of benzene rings is 1. The van der Waals surface area contributed by atoms with E-state index >= 15 is 0 Å². The van der Waals surface area contributed by atoms with E-state index in [4.69, 9.17) is 11.6 Å². The first-order valence-electron chi connectivity index (χ1n) is 8.42.